The van der Waals surface area contributed by atoms with Crippen LogP contribution in [0.15, 0.2) is 24.3 Å². The van der Waals surface area contributed by atoms with E-state index in [1.807, 2.05) is 24.3 Å². The lowest BCUT2D eigenvalue weighted by atomic mass is 10.1. The van der Waals surface area contributed by atoms with E-state index in [4.69, 9.17) is 9.47 Å². The second-order valence-electron chi connectivity index (χ2n) is 4.72. The standard InChI is InChI=1S/C16H26O3/c1-3-5-6-12-18-13-16(17)14-7-9-15(10-8-14)19-11-4-2/h7-10,16-17H,3-6,11-13H2,1-2H3. The predicted octanol–water partition coefficient (Wildman–Crippen LogP) is 3.72. The van der Waals surface area contributed by atoms with Crippen molar-refractivity contribution in [1.82, 2.24) is 0 Å². The molecule has 1 rings (SSSR count). The molecule has 1 unspecified atom stereocenters. The maximum atomic E-state index is 9.98. The van der Waals surface area contributed by atoms with E-state index in [1.54, 1.807) is 0 Å². The van der Waals surface area contributed by atoms with Gasteiger partial charge in [0, 0.05) is 6.61 Å². The van der Waals surface area contributed by atoms with E-state index in [2.05, 4.69) is 13.8 Å². The quantitative estimate of drug-likeness (QED) is 0.656. The van der Waals surface area contributed by atoms with Crippen LogP contribution in [0.25, 0.3) is 0 Å². The van der Waals surface area contributed by atoms with Crippen molar-refractivity contribution < 1.29 is 14.6 Å². The van der Waals surface area contributed by atoms with Crippen LogP contribution in [0.2, 0.25) is 0 Å². The van der Waals surface area contributed by atoms with Gasteiger partial charge in [-0.25, -0.2) is 0 Å². The van der Waals surface area contributed by atoms with Gasteiger partial charge in [0.2, 0.25) is 0 Å². The monoisotopic (exact) mass is 266 g/mol. The Morgan fingerprint density at radius 1 is 1.00 bits per heavy atom. The second-order valence-corrected chi connectivity index (χ2v) is 4.72. The summed E-state index contributed by atoms with van der Waals surface area (Å²) in [5, 5.41) is 9.98. The van der Waals surface area contributed by atoms with Crippen molar-refractivity contribution in [3.8, 4) is 5.75 Å². The molecule has 1 aromatic carbocycles. The number of hydrogen-bond acceptors (Lipinski definition) is 3. The average molecular weight is 266 g/mol. The molecule has 0 aliphatic carbocycles. The van der Waals surface area contributed by atoms with Gasteiger partial charge in [0.05, 0.1) is 13.2 Å². The summed E-state index contributed by atoms with van der Waals surface area (Å²) in [7, 11) is 0. The van der Waals surface area contributed by atoms with Gasteiger partial charge in [-0.2, -0.15) is 0 Å². The molecule has 19 heavy (non-hydrogen) atoms. The molecule has 0 fully saturated rings. The predicted molar refractivity (Wildman–Crippen MR) is 77.5 cm³/mol. The number of benzene rings is 1. The van der Waals surface area contributed by atoms with Crippen molar-refractivity contribution in [2.45, 2.75) is 45.6 Å². The third kappa shape index (κ3) is 6.60. The number of ether oxygens (including phenoxy) is 2. The molecule has 3 nitrogen and oxygen atoms in total. The van der Waals surface area contributed by atoms with E-state index in [9.17, 15) is 5.11 Å². The second kappa shape index (κ2) is 9.82. The lowest BCUT2D eigenvalue weighted by Gasteiger charge is -2.12. The Kier molecular flexibility index (Phi) is 8.26. The van der Waals surface area contributed by atoms with Crippen molar-refractivity contribution in [1.29, 1.82) is 0 Å². The molecule has 0 aromatic heterocycles. The highest BCUT2D eigenvalue weighted by molar-refractivity contribution is 5.28. The Morgan fingerprint density at radius 2 is 1.74 bits per heavy atom. The highest BCUT2D eigenvalue weighted by Gasteiger charge is 2.07. The fourth-order valence-corrected chi connectivity index (χ4v) is 1.75. The summed E-state index contributed by atoms with van der Waals surface area (Å²) in [6, 6.07) is 7.58. The van der Waals surface area contributed by atoms with Crippen LogP contribution in [0.5, 0.6) is 5.75 Å². The first-order chi connectivity index (χ1) is 9.27. The van der Waals surface area contributed by atoms with Gasteiger partial charge in [0.25, 0.3) is 0 Å². The summed E-state index contributed by atoms with van der Waals surface area (Å²) >= 11 is 0. The SMILES string of the molecule is CCCCCOCC(O)c1ccc(OCCC)cc1. The van der Waals surface area contributed by atoms with Gasteiger partial charge in [-0.05, 0) is 30.5 Å². The van der Waals surface area contributed by atoms with E-state index in [-0.39, 0.29) is 0 Å². The van der Waals surface area contributed by atoms with Crippen molar-refractivity contribution >= 4 is 0 Å². The maximum absolute atomic E-state index is 9.98. The first kappa shape index (κ1) is 16.0. The average Bonchev–Trinajstić information content (AvgIpc) is 2.45. The lowest BCUT2D eigenvalue weighted by Crippen LogP contribution is -2.08. The topological polar surface area (TPSA) is 38.7 Å². The molecule has 1 N–H and O–H groups in total. The van der Waals surface area contributed by atoms with Gasteiger partial charge in [-0.3, -0.25) is 0 Å². The summed E-state index contributed by atoms with van der Waals surface area (Å²) in [5.41, 5.74) is 0.874. The van der Waals surface area contributed by atoms with E-state index in [0.717, 1.165) is 37.4 Å². The molecule has 0 aliphatic heterocycles. The Morgan fingerprint density at radius 3 is 2.37 bits per heavy atom. The van der Waals surface area contributed by atoms with Crippen molar-refractivity contribution in [2.75, 3.05) is 19.8 Å². The van der Waals surface area contributed by atoms with Crippen LogP contribution in [0, 0.1) is 0 Å². The zero-order valence-corrected chi connectivity index (χ0v) is 12.1. The number of unbranched alkanes of at least 4 members (excludes halogenated alkanes) is 2. The van der Waals surface area contributed by atoms with Gasteiger partial charge >= 0.3 is 0 Å². The summed E-state index contributed by atoms with van der Waals surface area (Å²) in [4.78, 5) is 0. The van der Waals surface area contributed by atoms with Crippen molar-refractivity contribution in [2.24, 2.45) is 0 Å². The highest BCUT2D eigenvalue weighted by Crippen LogP contribution is 2.18. The van der Waals surface area contributed by atoms with Gasteiger partial charge < -0.3 is 14.6 Å². The van der Waals surface area contributed by atoms with Crippen LogP contribution >= 0.6 is 0 Å². The number of aliphatic hydroxyl groups is 1. The summed E-state index contributed by atoms with van der Waals surface area (Å²) in [6.07, 6.45) is 3.87. The summed E-state index contributed by atoms with van der Waals surface area (Å²) in [6.45, 7) is 6.05. The first-order valence-corrected chi connectivity index (χ1v) is 7.26. The minimum Gasteiger partial charge on any atom is -0.494 e. The molecule has 108 valence electrons. The van der Waals surface area contributed by atoms with E-state index in [0.29, 0.717) is 6.61 Å². The number of aliphatic hydroxyl groups excluding tert-OH is 1. The molecular formula is C16H26O3. The molecule has 0 aliphatic rings. The lowest BCUT2D eigenvalue weighted by molar-refractivity contribution is 0.0345. The number of rotatable bonds is 10. The largest absolute Gasteiger partial charge is 0.494 e. The fourth-order valence-electron chi connectivity index (χ4n) is 1.75. The molecule has 0 bridgehead atoms. The highest BCUT2D eigenvalue weighted by atomic mass is 16.5. The zero-order chi connectivity index (χ0) is 13.9. The molecule has 3 heteroatoms. The van der Waals surface area contributed by atoms with E-state index < -0.39 is 6.10 Å². The van der Waals surface area contributed by atoms with Gasteiger partial charge in [0.1, 0.15) is 11.9 Å². The molecular weight excluding hydrogens is 240 g/mol. The molecule has 1 aromatic rings. The Bertz CT molecular complexity index is 321. The Balaban J connectivity index is 2.29. The van der Waals surface area contributed by atoms with Crippen LogP contribution < -0.4 is 4.74 Å². The van der Waals surface area contributed by atoms with Crippen LogP contribution in [0.1, 0.15) is 51.2 Å². The van der Waals surface area contributed by atoms with Crippen LogP contribution in [0.4, 0.5) is 0 Å². The van der Waals surface area contributed by atoms with E-state index >= 15 is 0 Å². The summed E-state index contributed by atoms with van der Waals surface area (Å²) in [5.74, 6) is 0.849. The minimum atomic E-state index is -0.554. The molecule has 0 spiro atoms. The van der Waals surface area contributed by atoms with Crippen molar-refractivity contribution in [3.05, 3.63) is 29.8 Å². The normalized spacial score (nSPS) is 12.4. The van der Waals surface area contributed by atoms with Gasteiger partial charge in [-0.15, -0.1) is 0 Å². The smallest absolute Gasteiger partial charge is 0.119 e. The fraction of sp³-hybridized carbons (Fsp3) is 0.625. The molecule has 1 atom stereocenters. The molecule has 0 amide bonds. The van der Waals surface area contributed by atoms with Crippen LogP contribution in [0.3, 0.4) is 0 Å². The van der Waals surface area contributed by atoms with Crippen molar-refractivity contribution in [3.63, 3.8) is 0 Å². The third-order valence-electron chi connectivity index (χ3n) is 2.91. The molecule has 0 heterocycles. The first-order valence-electron chi connectivity index (χ1n) is 7.26. The van der Waals surface area contributed by atoms with Crippen LogP contribution in [-0.2, 0) is 4.74 Å². The molecule has 0 radical (unpaired) electrons. The third-order valence-corrected chi connectivity index (χ3v) is 2.91. The number of hydrogen-bond donors (Lipinski definition) is 1. The minimum absolute atomic E-state index is 0.360. The Labute approximate surface area is 116 Å². The van der Waals surface area contributed by atoms with Gasteiger partial charge in [0.15, 0.2) is 0 Å². The zero-order valence-electron chi connectivity index (χ0n) is 12.1. The maximum Gasteiger partial charge on any atom is 0.119 e. The van der Waals surface area contributed by atoms with Gasteiger partial charge in [-0.1, -0.05) is 38.8 Å². The molecule has 0 saturated heterocycles. The summed E-state index contributed by atoms with van der Waals surface area (Å²) < 4.78 is 11.0. The Hall–Kier alpha value is -1.06. The molecule has 0 saturated carbocycles. The van der Waals surface area contributed by atoms with Crippen LogP contribution in [-0.4, -0.2) is 24.9 Å². The van der Waals surface area contributed by atoms with E-state index in [1.165, 1.54) is 12.8 Å².